The lowest BCUT2D eigenvalue weighted by molar-refractivity contribution is 0.0102. The van der Waals surface area contributed by atoms with Gasteiger partial charge in [-0.05, 0) is 29.7 Å². The Bertz CT molecular complexity index is 657. The van der Waals surface area contributed by atoms with Crippen LogP contribution in [0.2, 0.25) is 0 Å². The maximum Gasteiger partial charge on any atom is 0.120 e. The summed E-state index contributed by atoms with van der Waals surface area (Å²) in [6, 6.07) is 15.9. The second-order valence-electron chi connectivity index (χ2n) is 5.01. The van der Waals surface area contributed by atoms with Crippen molar-refractivity contribution in [1.29, 1.82) is 0 Å². The van der Waals surface area contributed by atoms with Crippen LogP contribution in [0.5, 0.6) is 5.75 Å². The SMILES string of the molecule is NC(=S)c1cccc(OCC2OCCc3ccccc32)c1. The molecule has 0 radical (unpaired) electrons. The van der Waals surface area contributed by atoms with Gasteiger partial charge in [-0.3, -0.25) is 0 Å². The van der Waals surface area contributed by atoms with Crippen LogP contribution in [0.4, 0.5) is 0 Å². The molecule has 3 nitrogen and oxygen atoms in total. The van der Waals surface area contributed by atoms with E-state index in [0.717, 1.165) is 24.3 Å². The highest BCUT2D eigenvalue weighted by Crippen LogP contribution is 2.27. The van der Waals surface area contributed by atoms with Gasteiger partial charge in [0.1, 0.15) is 23.4 Å². The average Bonchev–Trinajstić information content (AvgIpc) is 2.53. The van der Waals surface area contributed by atoms with E-state index in [1.165, 1.54) is 11.1 Å². The molecule has 1 aliphatic heterocycles. The van der Waals surface area contributed by atoms with Crippen LogP contribution >= 0.6 is 12.2 Å². The molecule has 108 valence electrons. The van der Waals surface area contributed by atoms with E-state index in [0.29, 0.717) is 11.6 Å². The molecule has 4 heteroatoms. The van der Waals surface area contributed by atoms with Gasteiger partial charge in [-0.15, -0.1) is 0 Å². The molecule has 0 aromatic heterocycles. The predicted molar refractivity (Wildman–Crippen MR) is 86.7 cm³/mol. The van der Waals surface area contributed by atoms with Gasteiger partial charge in [0, 0.05) is 5.56 Å². The van der Waals surface area contributed by atoms with Crippen molar-refractivity contribution < 1.29 is 9.47 Å². The monoisotopic (exact) mass is 299 g/mol. The number of rotatable bonds is 4. The molecule has 21 heavy (non-hydrogen) atoms. The van der Waals surface area contributed by atoms with Crippen molar-refractivity contribution in [2.75, 3.05) is 13.2 Å². The summed E-state index contributed by atoms with van der Waals surface area (Å²) in [6.07, 6.45) is 0.937. The zero-order valence-electron chi connectivity index (χ0n) is 11.6. The molecule has 0 aliphatic carbocycles. The van der Waals surface area contributed by atoms with Crippen molar-refractivity contribution >= 4 is 17.2 Å². The molecule has 0 amide bonds. The lowest BCUT2D eigenvalue weighted by Gasteiger charge is -2.26. The Hall–Kier alpha value is -1.91. The van der Waals surface area contributed by atoms with E-state index in [1.54, 1.807) is 0 Å². The molecule has 0 spiro atoms. The maximum absolute atomic E-state index is 5.85. The first-order valence-electron chi connectivity index (χ1n) is 6.96. The molecule has 0 fully saturated rings. The van der Waals surface area contributed by atoms with Crippen LogP contribution in [0.3, 0.4) is 0 Å². The average molecular weight is 299 g/mol. The van der Waals surface area contributed by atoms with Crippen LogP contribution in [-0.4, -0.2) is 18.2 Å². The highest BCUT2D eigenvalue weighted by Gasteiger charge is 2.20. The Kier molecular flexibility index (Phi) is 4.18. The first-order valence-corrected chi connectivity index (χ1v) is 7.37. The molecule has 1 unspecified atom stereocenters. The third-order valence-corrected chi connectivity index (χ3v) is 3.85. The van der Waals surface area contributed by atoms with Crippen LogP contribution in [0.1, 0.15) is 22.8 Å². The summed E-state index contributed by atoms with van der Waals surface area (Å²) in [7, 11) is 0. The summed E-state index contributed by atoms with van der Waals surface area (Å²) >= 11 is 4.98. The second-order valence-corrected chi connectivity index (χ2v) is 5.45. The van der Waals surface area contributed by atoms with E-state index in [2.05, 4.69) is 18.2 Å². The fraction of sp³-hybridized carbons (Fsp3) is 0.235. The Morgan fingerprint density at radius 1 is 1.24 bits per heavy atom. The number of hydrogen-bond acceptors (Lipinski definition) is 3. The number of nitrogens with two attached hydrogens (primary N) is 1. The number of benzene rings is 2. The maximum atomic E-state index is 5.85. The first-order chi connectivity index (χ1) is 10.2. The summed E-state index contributed by atoms with van der Waals surface area (Å²) < 4.78 is 11.7. The van der Waals surface area contributed by atoms with Gasteiger partial charge in [-0.1, -0.05) is 48.6 Å². The van der Waals surface area contributed by atoms with Gasteiger partial charge in [0.25, 0.3) is 0 Å². The Morgan fingerprint density at radius 3 is 2.95 bits per heavy atom. The van der Waals surface area contributed by atoms with Crippen LogP contribution in [-0.2, 0) is 11.2 Å². The molecular formula is C17H17NO2S. The van der Waals surface area contributed by atoms with Crippen LogP contribution in [0.15, 0.2) is 48.5 Å². The van der Waals surface area contributed by atoms with E-state index in [9.17, 15) is 0 Å². The Balaban J connectivity index is 1.71. The quantitative estimate of drug-likeness (QED) is 0.882. The summed E-state index contributed by atoms with van der Waals surface area (Å²) in [4.78, 5) is 0.375. The lowest BCUT2D eigenvalue weighted by Crippen LogP contribution is -2.21. The van der Waals surface area contributed by atoms with Gasteiger partial charge < -0.3 is 15.2 Å². The predicted octanol–water partition coefficient (Wildman–Crippen LogP) is 3.01. The van der Waals surface area contributed by atoms with E-state index in [4.69, 9.17) is 27.4 Å². The van der Waals surface area contributed by atoms with Crippen molar-refractivity contribution in [3.8, 4) is 5.75 Å². The minimum absolute atomic E-state index is 0.0246. The van der Waals surface area contributed by atoms with Crippen molar-refractivity contribution in [2.24, 2.45) is 5.73 Å². The summed E-state index contributed by atoms with van der Waals surface area (Å²) in [5.74, 6) is 0.756. The van der Waals surface area contributed by atoms with Gasteiger partial charge in [-0.2, -0.15) is 0 Å². The van der Waals surface area contributed by atoms with Crippen LogP contribution in [0.25, 0.3) is 0 Å². The lowest BCUT2D eigenvalue weighted by atomic mass is 9.98. The zero-order valence-corrected chi connectivity index (χ0v) is 12.4. The molecule has 1 atom stereocenters. The molecule has 0 bridgehead atoms. The summed E-state index contributed by atoms with van der Waals surface area (Å²) in [6.45, 7) is 1.22. The van der Waals surface area contributed by atoms with Crippen molar-refractivity contribution in [2.45, 2.75) is 12.5 Å². The molecule has 2 N–H and O–H groups in total. The van der Waals surface area contributed by atoms with Gasteiger partial charge in [0.05, 0.1) is 6.61 Å². The fourth-order valence-electron chi connectivity index (χ4n) is 2.53. The number of fused-ring (bicyclic) bond motifs is 1. The third kappa shape index (κ3) is 3.23. The Labute approximate surface area is 129 Å². The van der Waals surface area contributed by atoms with E-state index in [1.807, 2.05) is 30.3 Å². The van der Waals surface area contributed by atoms with Gasteiger partial charge >= 0.3 is 0 Å². The van der Waals surface area contributed by atoms with E-state index >= 15 is 0 Å². The molecule has 2 aromatic carbocycles. The van der Waals surface area contributed by atoms with Crippen molar-refractivity contribution in [1.82, 2.24) is 0 Å². The number of hydrogen-bond donors (Lipinski definition) is 1. The standard InChI is InChI=1S/C17H17NO2S/c18-17(21)13-5-3-6-14(10-13)20-11-16-15-7-2-1-4-12(15)8-9-19-16/h1-7,10,16H,8-9,11H2,(H2,18,21). The molecule has 2 aromatic rings. The summed E-state index contributed by atoms with van der Waals surface area (Å²) in [5, 5.41) is 0. The second kappa shape index (κ2) is 6.24. The molecule has 1 heterocycles. The largest absolute Gasteiger partial charge is 0.490 e. The molecule has 1 aliphatic rings. The van der Waals surface area contributed by atoms with Crippen LogP contribution in [0, 0.1) is 0 Å². The summed E-state index contributed by atoms with van der Waals surface area (Å²) in [5.41, 5.74) is 9.01. The minimum atomic E-state index is -0.0246. The van der Waals surface area contributed by atoms with E-state index in [-0.39, 0.29) is 6.10 Å². The first kappa shape index (κ1) is 14.0. The van der Waals surface area contributed by atoms with E-state index < -0.39 is 0 Å². The zero-order chi connectivity index (χ0) is 14.7. The van der Waals surface area contributed by atoms with Gasteiger partial charge in [0.15, 0.2) is 0 Å². The smallest absolute Gasteiger partial charge is 0.120 e. The minimum Gasteiger partial charge on any atom is -0.490 e. The van der Waals surface area contributed by atoms with Gasteiger partial charge in [-0.25, -0.2) is 0 Å². The topological polar surface area (TPSA) is 44.5 Å². The van der Waals surface area contributed by atoms with Crippen molar-refractivity contribution in [3.05, 3.63) is 65.2 Å². The molecular weight excluding hydrogens is 282 g/mol. The molecule has 0 saturated carbocycles. The number of thiocarbonyl (C=S) groups is 1. The number of ether oxygens (including phenoxy) is 2. The normalized spacial score (nSPS) is 17.0. The Morgan fingerprint density at radius 2 is 2.10 bits per heavy atom. The third-order valence-electron chi connectivity index (χ3n) is 3.61. The highest BCUT2D eigenvalue weighted by atomic mass is 32.1. The molecule has 0 saturated heterocycles. The molecule has 3 rings (SSSR count). The van der Waals surface area contributed by atoms with Crippen molar-refractivity contribution in [3.63, 3.8) is 0 Å². The fourth-order valence-corrected chi connectivity index (χ4v) is 2.65. The van der Waals surface area contributed by atoms with Gasteiger partial charge in [0.2, 0.25) is 0 Å². The van der Waals surface area contributed by atoms with Crippen LogP contribution < -0.4 is 10.5 Å². The highest BCUT2D eigenvalue weighted by molar-refractivity contribution is 7.80.